The number of halogens is 3. The third-order valence-corrected chi connectivity index (χ3v) is 2.88. The van der Waals surface area contributed by atoms with Gasteiger partial charge in [0.05, 0.1) is 0 Å². The molecule has 3 N–H and O–H groups in total. The molecule has 1 aromatic carbocycles. The number of benzene rings is 1. The summed E-state index contributed by atoms with van der Waals surface area (Å²) in [6.45, 7) is -1.31. The third-order valence-electron chi connectivity index (χ3n) is 2.88. The van der Waals surface area contributed by atoms with E-state index >= 15 is 0 Å². The second kappa shape index (κ2) is 5.58. The van der Waals surface area contributed by atoms with Crippen LogP contribution in [0.2, 0.25) is 0 Å². The van der Waals surface area contributed by atoms with Crippen LogP contribution in [0.3, 0.4) is 0 Å². The second-order valence-electron chi connectivity index (χ2n) is 4.37. The predicted molar refractivity (Wildman–Crippen MR) is 62.9 cm³/mol. The molecule has 104 valence electrons. The van der Waals surface area contributed by atoms with Crippen molar-refractivity contribution >= 4 is 5.91 Å². The van der Waals surface area contributed by atoms with Crippen molar-refractivity contribution in [2.24, 2.45) is 0 Å². The molecule has 7 heteroatoms. The highest BCUT2D eigenvalue weighted by Gasteiger charge is 2.33. The zero-order valence-electron chi connectivity index (χ0n) is 10.00. The molecule has 0 bridgehead atoms. The highest BCUT2D eigenvalue weighted by molar-refractivity contribution is 5.82. The zero-order chi connectivity index (χ0) is 13.9. The average Bonchev–Trinajstić information content (AvgIpc) is 2.86. The fourth-order valence-electron chi connectivity index (χ4n) is 1.94. The molecule has 1 aliphatic heterocycles. The smallest absolute Gasteiger partial charge is 0.346 e. The Morgan fingerprint density at radius 1 is 1.26 bits per heavy atom. The van der Waals surface area contributed by atoms with E-state index < -0.39 is 24.7 Å². The normalized spacial score (nSPS) is 23.3. The molecular weight excluding hydrogens is 259 g/mol. The van der Waals surface area contributed by atoms with Crippen LogP contribution in [0.25, 0.3) is 0 Å². The molecular formula is C12H14F3N3O. The molecule has 1 aliphatic rings. The van der Waals surface area contributed by atoms with Gasteiger partial charge in [0, 0.05) is 6.04 Å². The molecule has 1 heterocycles. The highest BCUT2D eigenvalue weighted by atomic mass is 19.4. The van der Waals surface area contributed by atoms with Crippen molar-refractivity contribution in [1.29, 1.82) is 0 Å². The maximum absolute atomic E-state index is 12.0. The Balaban J connectivity index is 1.86. The minimum atomic E-state index is -4.39. The van der Waals surface area contributed by atoms with Gasteiger partial charge in [0.2, 0.25) is 5.91 Å². The molecule has 1 aromatic rings. The lowest BCUT2D eigenvalue weighted by atomic mass is 10.0. The largest absolute Gasteiger partial charge is 0.405 e. The molecule has 0 radical (unpaired) electrons. The van der Waals surface area contributed by atoms with Crippen LogP contribution in [-0.2, 0) is 4.79 Å². The van der Waals surface area contributed by atoms with Crippen molar-refractivity contribution in [3.05, 3.63) is 35.9 Å². The van der Waals surface area contributed by atoms with Gasteiger partial charge in [0.15, 0.2) is 0 Å². The number of rotatable bonds is 3. The standard InChI is InChI=1S/C12H14F3N3O/c13-12(14,15)7-16-11(19)10-6-9(17-18-10)8-4-2-1-3-5-8/h1-5,9-10,17-18H,6-7H2,(H,16,19). The minimum absolute atomic E-state index is 0.0807. The Hall–Kier alpha value is -1.60. The van der Waals surface area contributed by atoms with Gasteiger partial charge in [-0.25, -0.2) is 10.9 Å². The molecule has 1 amide bonds. The van der Waals surface area contributed by atoms with Crippen LogP contribution < -0.4 is 16.2 Å². The van der Waals surface area contributed by atoms with E-state index in [1.807, 2.05) is 35.6 Å². The lowest BCUT2D eigenvalue weighted by Gasteiger charge is -2.12. The first kappa shape index (κ1) is 13.8. The van der Waals surface area contributed by atoms with Crippen LogP contribution in [0.5, 0.6) is 0 Å². The molecule has 1 fully saturated rings. The lowest BCUT2D eigenvalue weighted by molar-refractivity contribution is -0.139. The first-order valence-corrected chi connectivity index (χ1v) is 5.86. The Morgan fingerprint density at radius 2 is 1.95 bits per heavy atom. The number of carbonyl (C=O) groups is 1. The van der Waals surface area contributed by atoms with Crippen molar-refractivity contribution in [2.45, 2.75) is 24.7 Å². The van der Waals surface area contributed by atoms with Gasteiger partial charge >= 0.3 is 6.18 Å². The van der Waals surface area contributed by atoms with E-state index in [2.05, 4.69) is 10.9 Å². The minimum Gasteiger partial charge on any atom is -0.346 e. The summed E-state index contributed by atoms with van der Waals surface area (Å²) in [7, 11) is 0. The fourth-order valence-corrected chi connectivity index (χ4v) is 1.94. The van der Waals surface area contributed by atoms with Crippen molar-refractivity contribution in [2.75, 3.05) is 6.54 Å². The number of carbonyl (C=O) groups excluding carboxylic acids is 1. The molecule has 2 atom stereocenters. The van der Waals surface area contributed by atoms with E-state index in [1.165, 1.54) is 0 Å². The summed E-state index contributed by atoms with van der Waals surface area (Å²) in [5.41, 5.74) is 6.61. The quantitative estimate of drug-likeness (QED) is 0.777. The monoisotopic (exact) mass is 273 g/mol. The number of nitrogens with one attached hydrogen (secondary N) is 3. The summed E-state index contributed by atoms with van der Waals surface area (Å²) in [6, 6.07) is 8.67. The van der Waals surface area contributed by atoms with Crippen molar-refractivity contribution in [3.8, 4) is 0 Å². The maximum Gasteiger partial charge on any atom is 0.405 e. The first-order chi connectivity index (χ1) is 8.96. The van der Waals surface area contributed by atoms with Crippen molar-refractivity contribution < 1.29 is 18.0 Å². The van der Waals surface area contributed by atoms with Gasteiger partial charge < -0.3 is 5.32 Å². The van der Waals surface area contributed by atoms with Gasteiger partial charge in [-0.05, 0) is 12.0 Å². The molecule has 0 aromatic heterocycles. The summed E-state index contributed by atoms with van der Waals surface area (Å²) in [5, 5.41) is 1.87. The van der Waals surface area contributed by atoms with Gasteiger partial charge in [-0.1, -0.05) is 30.3 Å². The van der Waals surface area contributed by atoms with Crippen molar-refractivity contribution in [3.63, 3.8) is 0 Å². The summed E-state index contributed by atoms with van der Waals surface area (Å²) < 4.78 is 36.0. The average molecular weight is 273 g/mol. The van der Waals surface area contributed by atoms with Crippen LogP contribution in [0.4, 0.5) is 13.2 Å². The molecule has 0 saturated carbocycles. The van der Waals surface area contributed by atoms with Crippen LogP contribution >= 0.6 is 0 Å². The van der Waals surface area contributed by atoms with Crippen molar-refractivity contribution in [1.82, 2.24) is 16.2 Å². The summed E-state index contributed by atoms with van der Waals surface area (Å²) in [5.74, 6) is -0.650. The summed E-state index contributed by atoms with van der Waals surface area (Å²) in [4.78, 5) is 11.6. The fraction of sp³-hybridized carbons (Fsp3) is 0.417. The van der Waals surface area contributed by atoms with Gasteiger partial charge in [0.25, 0.3) is 0 Å². The van der Waals surface area contributed by atoms with Crippen LogP contribution in [0.1, 0.15) is 18.0 Å². The van der Waals surface area contributed by atoms with Gasteiger partial charge in [-0.15, -0.1) is 0 Å². The van der Waals surface area contributed by atoms with E-state index in [0.29, 0.717) is 6.42 Å². The molecule has 19 heavy (non-hydrogen) atoms. The van der Waals surface area contributed by atoms with E-state index in [0.717, 1.165) is 5.56 Å². The second-order valence-corrected chi connectivity index (χ2v) is 4.37. The predicted octanol–water partition coefficient (Wildman–Crippen LogP) is 1.27. The topological polar surface area (TPSA) is 53.2 Å². The number of amides is 1. The van der Waals surface area contributed by atoms with Crippen LogP contribution in [-0.4, -0.2) is 24.7 Å². The van der Waals surface area contributed by atoms with E-state index in [-0.39, 0.29) is 6.04 Å². The van der Waals surface area contributed by atoms with E-state index in [9.17, 15) is 18.0 Å². The summed E-state index contributed by atoms with van der Waals surface area (Å²) >= 11 is 0. The first-order valence-electron chi connectivity index (χ1n) is 5.86. The molecule has 1 saturated heterocycles. The SMILES string of the molecule is O=C(NCC(F)(F)F)C1CC(c2ccccc2)NN1. The summed E-state index contributed by atoms with van der Waals surface area (Å²) in [6.07, 6.45) is -3.98. The maximum atomic E-state index is 12.0. The van der Waals surface area contributed by atoms with Crippen LogP contribution in [0.15, 0.2) is 30.3 Å². The van der Waals surface area contributed by atoms with Crippen LogP contribution in [0, 0.1) is 0 Å². The number of hydrogen-bond donors (Lipinski definition) is 3. The molecule has 0 spiro atoms. The highest BCUT2D eigenvalue weighted by Crippen LogP contribution is 2.22. The van der Waals surface area contributed by atoms with E-state index in [4.69, 9.17) is 0 Å². The lowest BCUT2D eigenvalue weighted by Crippen LogP contribution is -2.45. The van der Waals surface area contributed by atoms with Gasteiger partial charge in [-0.3, -0.25) is 4.79 Å². The molecule has 0 aliphatic carbocycles. The Kier molecular flexibility index (Phi) is 4.06. The Labute approximate surface area is 108 Å². The molecule has 4 nitrogen and oxygen atoms in total. The van der Waals surface area contributed by atoms with Gasteiger partial charge in [0.1, 0.15) is 12.6 Å². The van der Waals surface area contributed by atoms with E-state index in [1.54, 1.807) is 0 Å². The Bertz CT molecular complexity index is 436. The van der Waals surface area contributed by atoms with Gasteiger partial charge in [-0.2, -0.15) is 13.2 Å². The Morgan fingerprint density at radius 3 is 2.58 bits per heavy atom. The zero-order valence-corrected chi connectivity index (χ0v) is 10.00. The number of alkyl halides is 3. The molecule has 2 rings (SSSR count). The third kappa shape index (κ3) is 3.93. The number of hydrogen-bond acceptors (Lipinski definition) is 3. The molecule has 2 unspecified atom stereocenters. The number of hydrazine groups is 1.